The molecule has 0 saturated carbocycles. The fourth-order valence-corrected chi connectivity index (χ4v) is 4.52. The molecule has 0 bridgehead atoms. The maximum Gasteiger partial charge on any atom is 0.433 e. The Morgan fingerprint density at radius 2 is 1.96 bits per heavy atom. The van der Waals surface area contributed by atoms with Gasteiger partial charge in [0.25, 0.3) is 0 Å². The van der Waals surface area contributed by atoms with Crippen molar-refractivity contribution in [2.75, 3.05) is 11.5 Å². The van der Waals surface area contributed by atoms with Crippen molar-refractivity contribution < 1.29 is 35.8 Å². The van der Waals surface area contributed by atoms with E-state index in [1.54, 1.807) is 13.8 Å². The molecule has 0 unspecified atom stereocenters. The minimum Gasteiger partial charge on any atom is -0.470 e. The molecule has 1 aromatic heterocycles. The zero-order valence-corrected chi connectivity index (χ0v) is 13.7. The van der Waals surface area contributed by atoms with E-state index < -0.39 is 45.8 Å². The highest BCUT2D eigenvalue weighted by molar-refractivity contribution is 7.91. The Kier molecular flexibility index (Phi) is 4.04. The number of nitrogens with zero attached hydrogens (tertiary/aromatic N) is 1. The van der Waals surface area contributed by atoms with E-state index in [4.69, 9.17) is 14.2 Å². The lowest BCUT2D eigenvalue weighted by Gasteiger charge is -2.31. The third-order valence-electron chi connectivity index (χ3n) is 3.71. The van der Waals surface area contributed by atoms with E-state index >= 15 is 0 Å². The van der Waals surface area contributed by atoms with Gasteiger partial charge in [0, 0.05) is 6.07 Å². The smallest absolute Gasteiger partial charge is 0.433 e. The summed E-state index contributed by atoms with van der Waals surface area (Å²) in [6.45, 7) is 3.27. The van der Waals surface area contributed by atoms with Gasteiger partial charge in [0.1, 0.15) is 24.0 Å². The summed E-state index contributed by atoms with van der Waals surface area (Å²) < 4.78 is 78.9. The molecular weight excluding hydrogens is 351 g/mol. The summed E-state index contributed by atoms with van der Waals surface area (Å²) in [6, 6.07) is 3.20. The zero-order valence-electron chi connectivity index (χ0n) is 12.9. The van der Waals surface area contributed by atoms with Gasteiger partial charge < -0.3 is 14.2 Å². The summed E-state index contributed by atoms with van der Waals surface area (Å²) in [5.74, 6) is -1.88. The normalized spacial score (nSPS) is 31.5. The van der Waals surface area contributed by atoms with Crippen LogP contribution in [0.5, 0.6) is 5.88 Å². The van der Waals surface area contributed by atoms with Gasteiger partial charge in [-0.3, -0.25) is 0 Å². The van der Waals surface area contributed by atoms with Gasteiger partial charge in [-0.25, -0.2) is 13.4 Å². The van der Waals surface area contributed by atoms with Crippen LogP contribution in [0.15, 0.2) is 18.2 Å². The molecule has 10 heteroatoms. The lowest BCUT2D eigenvalue weighted by molar-refractivity contribution is -0.151. The number of hydrogen-bond acceptors (Lipinski definition) is 6. The molecule has 3 rings (SSSR count). The summed E-state index contributed by atoms with van der Waals surface area (Å²) in [7, 11) is -3.47. The Morgan fingerprint density at radius 3 is 2.62 bits per heavy atom. The third-order valence-corrected chi connectivity index (χ3v) is 5.38. The molecule has 2 aliphatic rings. The number of alkyl halides is 3. The topological polar surface area (TPSA) is 74.7 Å². The fourth-order valence-electron chi connectivity index (χ4n) is 2.87. The van der Waals surface area contributed by atoms with E-state index in [1.807, 2.05) is 0 Å². The lowest BCUT2D eigenvalue weighted by Crippen LogP contribution is -2.51. The summed E-state index contributed by atoms with van der Waals surface area (Å²) in [6.07, 6.45) is -7.03. The predicted octanol–water partition coefficient (Wildman–Crippen LogP) is 1.80. The maximum absolute atomic E-state index is 12.7. The maximum atomic E-state index is 12.7. The number of pyridine rings is 1. The van der Waals surface area contributed by atoms with Crippen molar-refractivity contribution in [1.82, 2.24) is 4.98 Å². The van der Waals surface area contributed by atoms with Gasteiger partial charge in [-0.15, -0.1) is 0 Å². The van der Waals surface area contributed by atoms with Crippen molar-refractivity contribution >= 4 is 9.84 Å². The Bertz CT molecular complexity index is 734. The third kappa shape index (κ3) is 3.65. The van der Waals surface area contributed by atoms with Crippen LogP contribution in [-0.2, 0) is 25.5 Å². The number of sulfone groups is 1. The predicted molar refractivity (Wildman–Crippen MR) is 76.1 cm³/mol. The van der Waals surface area contributed by atoms with Crippen LogP contribution in [0.25, 0.3) is 0 Å². The number of halogens is 3. The van der Waals surface area contributed by atoms with Crippen LogP contribution in [0, 0.1) is 0 Å². The van der Waals surface area contributed by atoms with Crippen molar-refractivity contribution in [3.8, 4) is 5.88 Å². The molecule has 6 nitrogen and oxygen atoms in total. The molecule has 24 heavy (non-hydrogen) atoms. The van der Waals surface area contributed by atoms with E-state index in [0.717, 1.165) is 12.1 Å². The molecule has 3 atom stereocenters. The minimum absolute atomic E-state index is 0.211. The van der Waals surface area contributed by atoms with E-state index in [0.29, 0.717) is 0 Å². The summed E-state index contributed by atoms with van der Waals surface area (Å²) in [5.41, 5.74) is -1.11. The molecule has 0 radical (unpaired) electrons. The van der Waals surface area contributed by atoms with Gasteiger partial charge in [-0.2, -0.15) is 13.2 Å². The van der Waals surface area contributed by atoms with E-state index in [2.05, 4.69) is 4.98 Å². The lowest BCUT2D eigenvalue weighted by atomic mass is 10.1. The van der Waals surface area contributed by atoms with Crippen LogP contribution >= 0.6 is 0 Å². The first kappa shape index (κ1) is 17.4. The van der Waals surface area contributed by atoms with Gasteiger partial charge in [-0.05, 0) is 19.9 Å². The van der Waals surface area contributed by atoms with Crippen LogP contribution in [0.4, 0.5) is 13.2 Å². The molecule has 0 aliphatic carbocycles. The van der Waals surface area contributed by atoms with Gasteiger partial charge >= 0.3 is 6.18 Å². The van der Waals surface area contributed by atoms with Crippen LogP contribution in [0.1, 0.15) is 19.5 Å². The second-order valence-electron chi connectivity index (χ2n) is 6.23. The van der Waals surface area contributed by atoms with Crippen LogP contribution in [0.3, 0.4) is 0 Å². The highest BCUT2D eigenvalue weighted by Gasteiger charge is 2.52. The fraction of sp³-hybridized carbons (Fsp3) is 0.643. The Hall–Kier alpha value is -1.39. The van der Waals surface area contributed by atoms with Gasteiger partial charge in [0.15, 0.2) is 15.6 Å². The number of rotatable bonds is 2. The second kappa shape index (κ2) is 5.57. The van der Waals surface area contributed by atoms with Gasteiger partial charge in [0.05, 0.1) is 11.5 Å². The number of ether oxygens (including phenoxy) is 3. The Balaban J connectivity index is 1.85. The number of aromatic nitrogens is 1. The van der Waals surface area contributed by atoms with E-state index in [9.17, 15) is 21.6 Å². The number of hydrogen-bond donors (Lipinski definition) is 0. The largest absolute Gasteiger partial charge is 0.470 e. The molecule has 0 spiro atoms. The molecule has 3 heterocycles. The van der Waals surface area contributed by atoms with Crippen molar-refractivity contribution in [2.24, 2.45) is 0 Å². The monoisotopic (exact) mass is 367 g/mol. The first-order chi connectivity index (χ1) is 11.0. The van der Waals surface area contributed by atoms with Crippen molar-refractivity contribution in [1.29, 1.82) is 0 Å². The quantitative estimate of drug-likeness (QED) is 0.794. The zero-order chi connectivity index (χ0) is 17.8. The Morgan fingerprint density at radius 1 is 1.25 bits per heavy atom. The molecule has 2 aliphatic heterocycles. The van der Waals surface area contributed by atoms with Crippen molar-refractivity contribution in [2.45, 2.75) is 44.1 Å². The highest BCUT2D eigenvalue weighted by atomic mass is 32.2. The molecular formula is C14H16F3NO5S. The van der Waals surface area contributed by atoms with Crippen LogP contribution < -0.4 is 4.74 Å². The van der Waals surface area contributed by atoms with E-state index in [1.165, 1.54) is 6.07 Å². The first-order valence-electron chi connectivity index (χ1n) is 7.22. The molecule has 2 saturated heterocycles. The molecule has 1 aromatic rings. The van der Waals surface area contributed by atoms with Crippen molar-refractivity contribution in [3.05, 3.63) is 23.9 Å². The van der Waals surface area contributed by atoms with Crippen LogP contribution in [0.2, 0.25) is 0 Å². The average molecular weight is 367 g/mol. The first-order valence-corrected chi connectivity index (χ1v) is 9.04. The van der Waals surface area contributed by atoms with E-state index in [-0.39, 0.29) is 17.4 Å². The molecule has 0 N–H and O–H groups in total. The molecule has 134 valence electrons. The van der Waals surface area contributed by atoms with Gasteiger partial charge in [0.2, 0.25) is 5.88 Å². The molecule has 2 fully saturated rings. The summed E-state index contributed by atoms with van der Waals surface area (Å²) in [5, 5.41) is 0. The standard InChI is InChI=1S/C14H16F3NO5S/c1-13(2)22-9-7-24(19,20)6-8(12(9)23-13)21-11-5-3-4-10(18-11)14(15,16)17/h3-5,8-9,12H,6-7H2,1-2H3/t8-,9-,12+/m0/s1. The molecule has 0 aromatic carbocycles. The Labute approximate surface area is 136 Å². The average Bonchev–Trinajstić information content (AvgIpc) is 2.71. The number of fused-ring (bicyclic) bond motifs is 1. The van der Waals surface area contributed by atoms with Crippen molar-refractivity contribution in [3.63, 3.8) is 0 Å². The minimum atomic E-state index is -4.62. The van der Waals surface area contributed by atoms with Crippen LogP contribution in [-0.4, -0.2) is 49.0 Å². The summed E-state index contributed by atoms with van der Waals surface area (Å²) >= 11 is 0. The second-order valence-corrected chi connectivity index (χ2v) is 8.38. The van der Waals surface area contributed by atoms with Gasteiger partial charge in [-0.1, -0.05) is 6.07 Å². The molecule has 0 amide bonds. The highest BCUT2D eigenvalue weighted by Crippen LogP contribution is 2.36. The SMILES string of the molecule is CC1(C)O[C@@H]2[C@@H](Oc3cccc(C(F)(F)F)n3)CS(=O)(=O)C[C@@H]2O1. The summed E-state index contributed by atoms with van der Waals surface area (Å²) in [4.78, 5) is 3.40.